The van der Waals surface area contributed by atoms with Gasteiger partial charge in [0.05, 0.1) is 24.6 Å². The molecule has 0 aliphatic carbocycles. The third kappa shape index (κ3) is 3.01. The number of aryl methyl sites for hydroxylation is 1. The molecule has 0 aliphatic heterocycles. The monoisotopic (exact) mass is 315 g/mol. The lowest BCUT2D eigenvalue weighted by Crippen LogP contribution is -1.94. The number of imidazole rings is 1. The largest absolute Gasteiger partial charge is 0.496 e. The van der Waals surface area contributed by atoms with Crippen LogP contribution in [0, 0.1) is 0 Å². The van der Waals surface area contributed by atoms with E-state index >= 15 is 0 Å². The standard InChI is InChI=1S/C16H17N3O2S/c1-3-19-9-8-17-16(19)22-11-15-18-10-14(21-15)12-6-4-5-7-13(12)20-2/h4-10H,3,11H2,1-2H3. The van der Waals surface area contributed by atoms with Gasteiger partial charge in [0.1, 0.15) is 5.75 Å². The molecule has 5 nitrogen and oxygen atoms in total. The van der Waals surface area contributed by atoms with Crippen LogP contribution in [0.2, 0.25) is 0 Å². The Morgan fingerprint density at radius 1 is 1.27 bits per heavy atom. The molecule has 0 atom stereocenters. The van der Waals surface area contributed by atoms with Gasteiger partial charge >= 0.3 is 0 Å². The first-order valence-corrected chi connectivity index (χ1v) is 8.02. The van der Waals surface area contributed by atoms with E-state index in [-0.39, 0.29) is 0 Å². The lowest BCUT2D eigenvalue weighted by Gasteiger charge is -2.04. The maximum absolute atomic E-state index is 5.84. The van der Waals surface area contributed by atoms with E-state index < -0.39 is 0 Å². The predicted molar refractivity (Wildman–Crippen MR) is 86.0 cm³/mol. The van der Waals surface area contributed by atoms with E-state index in [0.717, 1.165) is 23.0 Å². The topological polar surface area (TPSA) is 53.1 Å². The molecule has 3 rings (SSSR count). The maximum atomic E-state index is 5.84. The molecule has 0 bridgehead atoms. The van der Waals surface area contributed by atoms with Gasteiger partial charge in [0.15, 0.2) is 10.9 Å². The number of ether oxygens (including phenoxy) is 1. The average Bonchev–Trinajstić information content (AvgIpc) is 3.21. The van der Waals surface area contributed by atoms with Gasteiger partial charge in [-0.3, -0.25) is 0 Å². The van der Waals surface area contributed by atoms with Crippen LogP contribution in [0.15, 0.2) is 52.4 Å². The molecule has 0 radical (unpaired) electrons. The predicted octanol–water partition coefficient (Wildman–Crippen LogP) is 3.86. The fraction of sp³-hybridized carbons (Fsp3) is 0.250. The van der Waals surface area contributed by atoms with E-state index in [1.807, 2.05) is 36.7 Å². The molecule has 22 heavy (non-hydrogen) atoms. The van der Waals surface area contributed by atoms with E-state index in [9.17, 15) is 0 Å². The molecule has 2 aromatic heterocycles. The Hall–Kier alpha value is -2.21. The van der Waals surface area contributed by atoms with Crippen LogP contribution in [0.3, 0.4) is 0 Å². The van der Waals surface area contributed by atoms with Crippen molar-refractivity contribution < 1.29 is 9.15 Å². The Bertz CT molecular complexity index is 751. The van der Waals surface area contributed by atoms with Crippen molar-refractivity contribution in [3.63, 3.8) is 0 Å². The molecule has 0 fully saturated rings. The second-order valence-corrected chi connectivity index (χ2v) is 5.55. The number of methoxy groups -OCH3 is 1. The number of hydrogen-bond donors (Lipinski definition) is 0. The SMILES string of the molecule is CCn1ccnc1SCc1ncc(-c2ccccc2OC)o1. The molecule has 0 saturated heterocycles. The van der Waals surface area contributed by atoms with E-state index in [1.54, 1.807) is 25.1 Å². The summed E-state index contributed by atoms with van der Waals surface area (Å²) in [6.07, 6.45) is 5.51. The zero-order valence-electron chi connectivity index (χ0n) is 12.5. The molecule has 0 aliphatic rings. The van der Waals surface area contributed by atoms with Crippen molar-refractivity contribution in [3.05, 3.63) is 48.7 Å². The summed E-state index contributed by atoms with van der Waals surface area (Å²) in [6, 6.07) is 7.75. The van der Waals surface area contributed by atoms with Crippen LogP contribution in [0.1, 0.15) is 12.8 Å². The number of aromatic nitrogens is 3. The van der Waals surface area contributed by atoms with E-state index in [1.165, 1.54) is 0 Å². The zero-order valence-corrected chi connectivity index (χ0v) is 13.3. The van der Waals surface area contributed by atoms with Crippen LogP contribution in [-0.4, -0.2) is 21.6 Å². The molecule has 0 amide bonds. The number of para-hydroxylation sites is 1. The number of benzene rings is 1. The van der Waals surface area contributed by atoms with Gasteiger partial charge in [0, 0.05) is 18.9 Å². The van der Waals surface area contributed by atoms with Crippen molar-refractivity contribution >= 4 is 11.8 Å². The fourth-order valence-electron chi connectivity index (χ4n) is 2.15. The third-order valence-electron chi connectivity index (χ3n) is 3.27. The van der Waals surface area contributed by atoms with Crippen molar-refractivity contribution in [1.82, 2.24) is 14.5 Å². The minimum absolute atomic E-state index is 0.645. The molecule has 0 spiro atoms. The van der Waals surface area contributed by atoms with Crippen LogP contribution in [0.5, 0.6) is 5.75 Å². The van der Waals surface area contributed by atoms with Gasteiger partial charge in [-0.25, -0.2) is 9.97 Å². The van der Waals surface area contributed by atoms with E-state index in [2.05, 4.69) is 21.5 Å². The summed E-state index contributed by atoms with van der Waals surface area (Å²) >= 11 is 1.61. The molecule has 1 aromatic carbocycles. The summed E-state index contributed by atoms with van der Waals surface area (Å²) in [5, 5.41) is 0.972. The minimum atomic E-state index is 0.645. The van der Waals surface area contributed by atoms with Gasteiger partial charge in [-0.1, -0.05) is 23.9 Å². The first-order chi connectivity index (χ1) is 10.8. The normalized spacial score (nSPS) is 10.8. The van der Waals surface area contributed by atoms with Gasteiger partial charge in [-0.05, 0) is 19.1 Å². The van der Waals surface area contributed by atoms with Gasteiger partial charge in [0.2, 0.25) is 5.89 Å². The molecular formula is C16H17N3O2S. The first kappa shape index (κ1) is 14.7. The third-order valence-corrected chi connectivity index (χ3v) is 4.26. The maximum Gasteiger partial charge on any atom is 0.205 e. The van der Waals surface area contributed by atoms with Gasteiger partial charge < -0.3 is 13.7 Å². The average molecular weight is 315 g/mol. The zero-order chi connectivity index (χ0) is 15.4. The van der Waals surface area contributed by atoms with Crippen molar-refractivity contribution in [1.29, 1.82) is 0 Å². The highest BCUT2D eigenvalue weighted by Gasteiger charge is 2.12. The van der Waals surface area contributed by atoms with Crippen LogP contribution < -0.4 is 4.74 Å². The van der Waals surface area contributed by atoms with Crippen LogP contribution in [0.4, 0.5) is 0 Å². The Kier molecular flexibility index (Phi) is 4.48. The first-order valence-electron chi connectivity index (χ1n) is 7.04. The van der Waals surface area contributed by atoms with Crippen molar-refractivity contribution in [2.45, 2.75) is 24.4 Å². The summed E-state index contributed by atoms with van der Waals surface area (Å²) < 4.78 is 13.3. The van der Waals surface area contributed by atoms with E-state index in [0.29, 0.717) is 17.4 Å². The van der Waals surface area contributed by atoms with Crippen LogP contribution in [0.25, 0.3) is 11.3 Å². The van der Waals surface area contributed by atoms with Crippen molar-refractivity contribution in [2.75, 3.05) is 7.11 Å². The molecule has 2 heterocycles. The quantitative estimate of drug-likeness (QED) is 0.647. The second kappa shape index (κ2) is 6.70. The number of thioether (sulfide) groups is 1. The summed E-state index contributed by atoms with van der Waals surface area (Å²) in [5.74, 6) is 2.81. The molecule has 0 N–H and O–H groups in total. The molecule has 3 aromatic rings. The summed E-state index contributed by atoms with van der Waals surface area (Å²) in [7, 11) is 1.65. The second-order valence-electron chi connectivity index (χ2n) is 4.60. The van der Waals surface area contributed by atoms with Gasteiger partial charge in [-0.2, -0.15) is 0 Å². The Morgan fingerprint density at radius 2 is 2.14 bits per heavy atom. The fourth-order valence-corrected chi connectivity index (χ4v) is 3.03. The summed E-state index contributed by atoms with van der Waals surface area (Å²) in [5.41, 5.74) is 0.906. The molecule has 0 unspecified atom stereocenters. The van der Waals surface area contributed by atoms with Gasteiger partial charge in [-0.15, -0.1) is 0 Å². The minimum Gasteiger partial charge on any atom is -0.496 e. The highest BCUT2D eigenvalue weighted by atomic mass is 32.2. The van der Waals surface area contributed by atoms with Crippen LogP contribution in [-0.2, 0) is 12.3 Å². The number of oxazole rings is 1. The van der Waals surface area contributed by atoms with E-state index in [4.69, 9.17) is 9.15 Å². The molecule has 114 valence electrons. The highest BCUT2D eigenvalue weighted by molar-refractivity contribution is 7.98. The Morgan fingerprint density at radius 3 is 2.95 bits per heavy atom. The van der Waals surface area contributed by atoms with Crippen molar-refractivity contribution in [3.8, 4) is 17.1 Å². The lowest BCUT2D eigenvalue weighted by atomic mass is 10.1. The lowest BCUT2D eigenvalue weighted by molar-refractivity contribution is 0.414. The molecule has 0 saturated carbocycles. The number of rotatable bonds is 6. The number of hydrogen-bond acceptors (Lipinski definition) is 5. The van der Waals surface area contributed by atoms with Gasteiger partial charge in [0.25, 0.3) is 0 Å². The van der Waals surface area contributed by atoms with Crippen LogP contribution >= 0.6 is 11.8 Å². The van der Waals surface area contributed by atoms with Crippen molar-refractivity contribution in [2.24, 2.45) is 0 Å². The summed E-state index contributed by atoms with van der Waals surface area (Å²) in [4.78, 5) is 8.67. The molecular weight excluding hydrogens is 298 g/mol. The Balaban J connectivity index is 1.74. The molecule has 6 heteroatoms. The smallest absolute Gasteiger partial charge is 0.205 e. The highest BCUT2D eigenvalue weighted by Crippen LogP contribution is 2.31. The summed E-state index contributed by atoms with van der Waals surface area (Å²) in [6.45, 7) is 3.00. The number of nitrogens with zero attached hydrogens (tertiary/aromatic N) is 3. The Labute approximate surface area is 133 Å².